The van der Waals surface area contributed by atoms with Crippen LogP contribution in [0.15, 0.2) is 102 Å². The molecule has 4 aromatic carbocycles. The van der Waals surface area contributed by atoms with Crippen LogP contribution in [0.4, 0.5) is 8.78 Å². The lowest BCUT2D eigenvalue weighted by Crippen LogP contribution is -2.19. The molecule has 2 aliphatic rings. The van der Waals surface area contributed by atoms with Gasteiger partial charge in [-0.2, -0.15) is 15.8 Å². The van der Waals surface area contributed by atoms with Crippen molar-refractivity contribution in [2.24, 2.45) is 0 Å². The molecular weight excluding hydrogens is 476 g/mol. The average Bonchev–Trinajstić information content (AvgIpc) is 3.30. The van der Waals surface area contributed by atoms with Gasteiger partial charge in [-0.3, -0.25) is 0 Å². The number of halogens is 2. The highest BCUT2D eigenvalue weighted by molar-refractivity contribution is 5.79. The van der Waals surface area contributed by atoms with Crippen LogP contribution in [0.3, 0.4) is 0 Å². The molecule has 0 radical (unpaired) electrons. The molecule has 38 heavy (non-hydrogen) atoms. The van der Waals surface area contributed by atoms with Crippen molar-refractivity contribution in [3.8, 4) is 29.3 Å². The van der Waals surface area contributed by atoms with E-state index < -0.39 is 11.8 Å². The van der Waals surface area contributed by atoms with Crippen LogP contribution in [0.25, 0.3) is 11.1 Å². The molecule has 0 saturated heterocycles. The van der Waals surface area contributed by atoms with E-state index in [1.807, 2.05) is 30.3 Å². The number of nitriles is 3. The van der Waals surface area contributed by atoms with Crippen molar-refractivity contribution in [3.63, 3.8) is 0 Å². The van der Waals surface area contributed by atoms with Crippen molar-refractivity contribution < 1.29 is 8.78 Å². The second-order valence-electron chi connectivity index (χ2n) is 9.67. The second-order valence-corrected chi connectivity index (χ2v) is 9.67. The molecule has 0 N–H and O–H groups in total. The molecule has 1 fully saturated rings. The zero-order chi connectivity index (χ0) is 26.4. The zero-order valence-corrected chi connectivity index (χ0v) is 20.1. The Kier molecular flexibility index (Phi) is 5.60. The number of nitrogens with zero attached hydrogens (tertiary/aromatic N) is 3. The molecule has 4 atom stereocenters. The summed E-state index contributed by atoms with van der Waals surface area (Å²) in [6, 6.07) is 32.5. The third-order valence-electron chi connectivity index (χ3n) is 7.90. The minimum atomic E-state index is -0.439. The first-order valence-corrected chi connectivity index (χ1v) is 12.2. The Morgan fingerprint density at radius 3 is 1.68 bits per heavy atom. The molecule has 0 aliphatic heterocycles. The average molecular weight is 496 g/mol. The maximum Gasteiger partial charge on any atom is 0.130 e. The summed E-state index contributed by atoms with van der Waals surface area (Å²) < 4.78 is 28.0. The number of hydrogen-bond acceptors (Lipinski definition) is 3. The molecule has 5 heteroatoms. The summed E-state index contributed by atoms with van der Waals surface area (Å²) in [6.45, 7) is 0. The first-order chi connectivity index (χ1) is 18.5. The number of fused-ring (bicyclic) bond motifs is 6. The fourth-order valence-corrected chi connectivity index (χ4v) is 6.51. The highest BCUT2D eigenvalue weighted by Gasteiger charge is 2.53. The van der Waals surface area contributed by atoms with Gasteiger partial charge in [0.05, 0.1) is 11.6 Å². The van der Waals surface area contributed by atoms with Crippen LogP contribution in [-0.4, -0.2) is 0 Å². The predicted octanol–water partition coefficient (Wildman–Crippen LogP) is 7.61. The largest absolute Gasteiger partial charge is 0.207 e. The molecule has 6 rings (SSSR count). The molecule has 1 saturated carbocycles. The summed E-state index contributed by atoms with van der Waals surface area (Å²) in [5.41, 5.74) is 6.72. The van der Waals surface area contributed by atoms with Gasteiger partial charge < -0.3 is 0 Å². The van der Waals surface area contributed by atoms with Gasteiger partial charge in [-0.05, 0) is 75.4 Å². The van der Waals surface area contributed by atoms with Gasteiger partial charge in [0.1, 0.15) is 29.3 Å². The number of benzene rings is 4. The SMILES string of the molecule is N#CC(C#N)=C1C(c2ccc(F)cc2)C2c3ccccc3-c3ccc(C#N)cc3C2C1c1ccc(F)cc1. The van der Waals surface area contributed by atoms with E-state index in [0.717, 1.165) is 33.4 Å². The van der Waals surface area contributed by atoms with E-state index in [1.165, 1.54) is 24.3 Å². The smallest absolute Gasteiger partial charge is 0.130 e. The van der Waals surface area contributed by atoms with E-state index in [-0.39, 0.29) is 29.0 Å². The lowest BCUT2D eigenvalue weighted by molar-refractivity contribution is 0.545. The van der Waals surface area contributed by atoms with Crippen LogP contribution in [0.1, 0.15) is 51.5 Å². The van der Waals surface area contributed by atoms with Gasteiger partial charge in [-0.25, -0.2) is 8.78 Å². The van der Waals surface area contributed by atoms with Crippen molar-refractivity contribution in [3.05, 3.63) is 142 Å². The Labute approximate surface area is 219 Å². The number of allylic oxidation sites excluding steroid dienone is 2. The molecule has 4 unspecified atom stereocenters. The van der Waals surface area contributed by atoms with Crippen molar-refractivity contribution in [2.75, 3.05) is 0 Å². The first-order valence-electron chi connectivity index (χ1n) is 12.2. The number of rotatable bonds is 2. The first kappa shape index (κ1) is 23.4. The molecule has 3 nitrogen and oxygen atoms in total. The molecule has 0 heterocycles. The van der Waals surface area contributed by atoms with E-state index in [2.05, 4.69) is 24.3 Å². The van der Waals surface area contributed by atoms with Crippen LogP contribution in [0.2, 0.25) is 0 Å². The molecule has 4 aromatic rings. The van der Waals surface area contributed by atoms with Crippen LogP contribution < -0.4 is 0 Å². The van der Waals surface area contributed by atoms with Gasteiger partial charge in [-0.15, -0.1) is 0 Å². The molecule has 0 bridgehead atoms. The van der Waals surface area contributed by atoms with Crippen molar-refractivity contribution in [1.82, 2.24) is 0 Å². The normalized spacial score (nSPS) is 20.8. The Bertz CT molecular complexity index is 1720. The van der Waals surface area contributed by atoms with Crippen molar-refractivity contribution >= 4 is 0 Å². The maximum atomic E-state index is 14.0. The highest BCUT2D eigenvalue weighted by Crippen LogP contribution is 2.67. The summed E-state index contributed by atoms with van der Waals surface area (Å²) in [5, 5.41) is 30.0. The Morgan fingerprint density at radius 1 is 0.605 bits per heavy atom. The van der Waals surface area contributed by atoms with E-state index in [0.29, 0.717) is 11.1 Å². The molecule has 0 amide bonds. The third-order valence-corrected chi connectivity index (χ3v) is 7.90. The predicted molar refractivity (Wildman–Crippen MR) is 139 cm³/mol. The summed E-state index contributed by atoms with van der Waals surface area (Å²) in [6.07, 6.45) is 0. The third kappa shape index (κ3) is 3.51. The minimum absolute atomic E-state index is 0.00137. The molecule has 0 spiro atoms. The second kappa shape index (κ2) is 9.11. The number of hydrogen-bond donors (Lipinski definition) is 0. The topological polar surface area (TPSA) is 71.4 Å². The minimum Gasteiger partial charge on any atom is -0.207 e. The molecule has 180 valence electrons. The molecule has 0 aromatic heterocycles. The standard InChI is InChI=1S/C33H19F2N3/c34-23-10-6-20(7-11-23)29-31(22(17-37)18-38)30(21-8-12-24(35)13-9-21)33-28-15-19(16-36)5-14-26(28)25-3-1-2-4-27(25)32(29)33/h1-15,29-30,32-33H. The lowest BCUT2D eigenvalue weighted by atomic mass is 9.67. The van der Waals surface area contributed by atoms with Gasteiger partial charge in [0.2, 0.25) is 0 Å². The molecular formula is C33H19F2N3. The lowest BCUT2D eigenvalue weighted by Gasteiger charge is -2.35. The van der Waals surface area contributed by atoms with Crippen LogP contribution in [0, 0.1) is 45.6 Å². The maximum absolute atomic E-state index is 14.0. The van der Waals surface area contributed by atoms with E-state index in [1.54, 1.807) is 30.3 Å². The van der Waals surface area contributed by atoms with Gasteiger partial charge in [-0.1, -0.05) is 54.6 Å². The summed E-state index contributed by atoms with van der Waals surface area (Å²) in [4.78, 5) is 0. The van der Waals surface area contributed by atoms with E-state index >= 15 is 0 Å². The monoisotopic (exact) mass is 495 g/mol. The van der Waals surface area contributed by atoms with Gasteiger partial charge in [0, 0.05) is 23.7 Å². The zero-order valence-electron chi connectivity index (χ0n) is 20.1. The Balaban J connectivity index is 1.75. The highest BCUT2D eigenvalue weighted by atomic mass is 19.1. The molecule has 2 aliphatic carbocycles. The summed E-state index contributed by atoms with van der Waals surface area (Å²) in [7, 11) is 0. The quantitative estimate of drug-likeness (QED) is 0.269. The Hall–Kier alpha value is -5.05. The van der Waals surface area contributed by atoms with Gasteiger partial charge >= 0.3 is 0 Å². The van der Waals surface area contributed by atoms with Gasteiger partial charge in [0.15, 0.2) is 0 Å². The van der Waals surface area contributed by atoms with E-state index in [9.17, 15) is 24.6 Å². The summed E-state index contributed by atoms with van der Waals surface area (Å²) >= 11 is 0. The fourth-order valence-electron chi connectivity index (χ4n) is 6.51. The Morgan fingerprint density at radius 2 is 1.13 bits per heavy atom. The van der Waals surface area contributed by atoms with Crippen molar-refractivity contribution in [2.45, 2.75) is 23.7 Å². The van der Waals surface area contributed by atoms with Gasteiger partial charge in [0.25, 0.3) is 0 Å². The van der Waals surface area contributed by atoms with Crippen molar-refractivity contribution in [1.29, 1.82) is 15.8 Å². The van der Waals surface area contributed by atoms with Crippen LogP contribution >= 0.6 is 0 Å². The van der Waals surface area contributed by atoms with E-state index in [4.69, 9.17) is 0 Å². The van der Waals surface area contributed by atoms with Crippen LogP contribution in [0.5, 0.6) is 0 Å². The summed E-state index contributed by atoms with van der Waals surface area (Å²) in [5.74, 6) is -2.07. The fraction of sp³-hybridized carbons (Fsp3) is 0.121. The van der Waals surface area contributed by atoms with Crippen LogP contribution in [-0.2, 0) is 0 Å².